The van der Waals surface area contributed by atoms with E-state index in [0.29, 0.717) is 5.41 Å². The molecule has 0 aromatic carbocycles. The Morgan fingerprint density at radius 1 is 1.53 bits per heavy atom. The van der Waals surface area contributed by atoms with Gasteiger partial charge in [-0.3, -0.25) is 4.79 Å². The van der Waals surface area contributed by atoms with Gasteiger partial charge in [-0.25, -0.2) is 0 Å². The van der Waals surface area contributed by atoms with Gasteiger partial charge in [-0.05, 0) is 43.4 Å². The minimum atomic E-state index is -0.121. The lowest BCUT2D eigenvalue weighted by Gasteiger charge is -2.19. The molecule has 0 bridgehead atoms. The minimum absolute atomic E-state index is 0.105. The summed E-state index contributed by atoms with van der Waals surface area (Å²) in [7, 11) is 1.46. The van der Waals surface area contributed by atoms with E-state index >= 15 is 0 Å². The van der Waals surface area contributed by atoms with Crippen LogP contribution in [0, 0.1) is 11.3 Å². The third-order valence-electron chi connectivity index (χ3n) is 3.93. The summed E-state index contributed by atoms with van der Waals surface area (Å²) in [4.78, 5) is 11.4. The maximum Gasteiger partial charge on any atom is 0.322 e. The van der Waals surface area contributed by atoms with Gasteiger partial charge in [-0.1, -0.05) is 6.92 Å². The SMILES string of the molecule is CCC(NCC1(C2CC2)CC1)C(=O)OC. The summed E-state index contributed by atoms with van der Waals surface area (Å²) in [6, 6.07) is -0.105. The average molecular weight is 211 g/mol. The molecule has 2 rings (SSSR count). The highest BCUT2D eigenvalue weighted by molar-refractivity contribution is 5.75. The topological polar surface area (TPSA) is 38.3 Å². The Bertz CT molecular complexity index is 244. The number of esters is 1. The Kier molecular flexibility index (Phi) is 3.01. The second-order valence-electron chi connectivity index (χ2n) is 5.00. The first-order valence-corrected chi connectivity index (χ1v) is 6.03. The Hall–Kier alpha value is -0.570. The molecular weight excluding hydrogens is 190 g/mol. The standard InChI is InChI=1S/C12H21NO2/c1-3-10(11(14)15-2)13-8-12(6-7-12)9-4-5-9/h9-10,13H,3-8H2,1-2H3. The van der Waals surface area contributed by atoms with E-state index in [-0.39, 0.29) is 12.0 Å². The predicted octanol–water partition coefficient (Wildman–Crippen LogP) is 1.72. The monoisotopic (exact) mass is 211 g/mol. The third-order valence-corrected chi connectivity index (χ3v) is 3.93. The van der Waals surface area contributed by atoms with Gasteiger partial charge in [0.05, 0.1) is 7.11 Å². The maximum atomic E-state index is 11.4. The number of methoxy groups -OCH3 is 1. The number of hydrogen-bond donors (Lipinski definition) is 1. The minimum Gasteiger partial charge on any atom is -0.468 e. The molecule has 2 aliphatic carbocycles. The fourth-order valence-electron chi connectivity index (χ4n) is 2.45. The van der Waals surface area contributed by atoms with Gasteiger partial charge in [0.1, 0.15) is 6.04 Å². The van der Waals surface area contributed by atoms with E-state index in [1.54, 1.807) is 0 Å². The van der Waals surface area contributed by atoms with Gasteiger partial charge < -0.3 is 10.1 Å². The quantitative estimate of drug-likeness (QED) is 0.680. The molecule has 15 heavy (non-hydrogen) atoms. The van der Waals surface area contributed by atoms with Crippen LogP contribution in [0.3, 0.4) is 0 Å². The van der Waals surface area contributed by atoms with Crippen molar-refractivity contribution in [1.29, 1.82) is 0 Å². The third kappa shape index (κ3) is 2.33. The van der Waals surface area contributed by atoms with E-state index in [1.807, 2.05) is 6.92 Å². The van der Waals surface area contributed by atoms with Crippen LogP contribution in [0.2, 0.25) is 0 Å². The number of ether oxygens (including phenoxy) is 1. The van der Waals surface area contributed by atoms with Crippen LogP contribution in [0.4, 0.5) is 0 Å². The molecule has 2 fully saturated rings. The first kappa shape index (κ1) is 10.9. The van der Waals surface area contributed by atoms with Gasteiger partial charge in [0, 0.05) is 6.54 Å². The summed E-state index contributed by atoms with van der Waals surface area (Å²) in [6.45, 7) is 3.02. The average Bonchev–Trinajstić information content (AvgIpc) is 3.09. The van der Waals surface area contributed by atoms with Crippen molar-refractivity contribution in [1.82, 2.24) is 5.32 Å². The second kappa shape index (κ2) is 4.12. The highest BCUT2D eigenvalue weighted by Crippen LogP contribution is 2.60. The molecule has 0 spiro atoms. The molecule has 2 saturated carbocycles. The van der Waals surface area contributed by atoms with Crippen LogP contribution in [0.15, 0.2) is 0 Å². The zero-order valence-corrected chi connectivity index (χ0v) is 9.71. The van der Waals surface area contributed by atoms with Crippen LogP contribution in [0.1, 0.15) is 39.0 Å². The highest BCUT2D eigenvalue weighted by Gasteiger charge is 2.53. The van der Waals surface area contributed by atoms with Crippen molar-refractivity contribution in [2.45, 2.75) is 45.1 Å². The molecule has 0 amide bonds. The summed E-state index contributed by atoms with van der Waals surface area (Å²) in [6.07, 6.45) is 6.31. The van der Waals surface area contributed by atoms with E-state index in [1.165, 1.54) is 32.8 Å². The van der Waals surface area contributed by atoms with Gasteiger partial charge in [-0.15, -0.1) is 0 Å². The zero-order valence-electron chi connectivity index (χ0n) is 9.71. The molecule has 2 aliphatic rings. The number of nitrogens with one attached hydrogen (secondary N) is 1. The number of hydrogen-bond acceptors (Lipinski definition) is 3. The Balaban J connectivity index is 1.78. The summed E-state index contributed by atoms with van der Waals surface area (Å²) < 4.78 is 4.76. The molecule has 3 heteroatoms. The zero-order chi connectivity index (χ0) is 10.9. The molecule has 0 aromatic heterocycles. The van der Waals surface area contributed by atoms with E-state index in [4.69, 9.17) is 4.74 Å². The summed E-state index contributed by atoms with van der Waals surface area (Å²) in [5.74, 6) is 0.823. The maximum absolute atomic E-state index is 11.4. The Labute approximate surface area is 91.6 Å². The molecule has 1 atom stereocenters. The van der Waals surface area contributed by atoms with Gasteiger partial charge >= 0.3 is 5.97 Å². The van der Waals surface area contributed by atoms with Crippen LogP contribution < -0.4 is 5.32 Å². The van der Waals surface area contributed by atoms with Crippen molar-refractivity contribution in [3.63, 3.8) is 0 Å². The fraction of sp³-hybridized carbons (Fsp3) is 0.917. The van der Waals surface area contributed by atoms with E-state index in [2.05, 4.69) is 5.32 Å². The van der Waals surface area contributed by atoms with E-state index < -0.39 is 0 Å². The second-order valence-corrected chi connectivity index (χ2v) is 5.00. The summed E-state index contributed by atoms with van der Waals surface area (Å²) in [5, 5.41) is 3.37. The molecule has 3 nitrogen and oxygen atoms in total. The van der Waals surface area contributed by atoms with Gasteiger partial charge in [0.15, 0.2) is 0 Å². The van der Waals surface area contributed by atoms with Crippen molar-refractivity contribution < 1.29 is 9.53 Å². The molecular formula is C12H21NO2. The van der Waals surface area contributed by atoms with Crippen molar-refractivity contribution in [2.24, 2.45) is 11.3 Å². The highest BCUT2D eigenvalue weighted by atomic mass is 16.5. The van der Waals surface area contributed by atoms with Crippen LogP contribution in [-0.4, -0.2) is 25.7 Å². The first-order chi connectivity index (χ1) is 7.22. The molecule has 0 aliphatic heterocycles. The molecule has 0 radical (unpaired) electrons. The fourth-order valence-corrected chi connectivity index (χ4v) is 2.45. The molecule has 0 aromatic rings. The molecule has 0 heterocycles. The van der Waals surface area contributed by atoms with E-state index in [9.17, 15) is 4.79 Å². The largest absolute Gasteiger partial charge is 0.468 e. The molecule has 1 unspecified atom stereocenters. The smallest absolute Gasteiger partial charge is 0.322 e. The Morgan fingerprint density at radius 2 is 2.20 bits per heavy atom. The lowest BCUT2D eigenvalue weighted by atomic mass is 10.00. The lowest BCUT2D eigenvalue weighted by molar-refractivity contribution is -0.143. The van der Waals surface area contributed by atoms with Gasteiger partial charge in [-0.2, -0.15) is 0 Å². The van der Waals surface area contributed by atoms with Crippen LogP contribution in [-0.2, 0) is 9.53 Å². The van der Waals surface area contributed by atoms with Crippen LogP contribution in [0.25, 0.3) is 0 Å². The van der Waals surface area contributed by atoms with Crippen LogP contribution >= 0.6 is 0 Å². The summed E-state index contributed by atoms with van der Waals surface area (Å²) >= 11 is 0. The van der Waals surface area contributed by atoms with Gasteiger partial charge in [0.25, 0.3) is 0 Å². The molecule has 86 valence electrons. The van der Waals surface area contributed by atoms with Crippen molar-refractivity contribution in [3.8, 4) is 0 Å². The normalized spacial score (nSPS) is 24.7. The van der Waals surface area contributed by atoms with Crippen molar-refractivity contribution >= 4 is 5.97 Å². The Morgan fingerprint density at radius 3 is 2.60 bits per heavy atom. The molecule has 1 N–H and O–H groups in total. The van der Waals surface area contributed by atoms with Crippen molar-refractivity contribution in [3.05, 3.63) is 0 Å². The number of rotatable bonds is 6. The van der Waals surface area contributed by atoms with Crippen molar-refractivity contribution in [2.75, 3.05) is 13.7 Å². The predicted molar refractivity (Wildman–Crippen MR) is 58.5 cm³/mol. The van der Waals surface area contributed by atoms with Gasteiger partial charge in [0.2, 0.25) is 0 Å². The molecule has 0 saturated heterocycles. The number of carbonyl (C=O) groups is 1. The summed E-state index contributed by atoms with van der Waals surface area (Å²) in [5.41, 5.74) is 0.557. The van der Waals surface area contributed by atoms with E-state index in [0.717, 1.165) is 18.9 Å². The lowest BCUT2D eigenvalue weighted by Crippen LogP contribution is -2.40. The van der Waals surface area contributed by atoms with Crippen LogP contribution in [0.5, 0.6) is 0 Å². The number of carbonyl (C=O) groups excluding carboxylic acids is 1. The first-order valence-electron chi connectivity index (χ1n) is 6.03.